The van der Waals surface area contributed by atoms with Crippen LogP contribution in [0.15, 0.2) is 18.2 Å². The molecule has 0 spiro atoms. The van der Waals surface area contributed by atoms with Gasteiger partial charge in [0.05, 0.1) is 12.7 Å². The Hall–Kier alpha value is -1.95. The number of carbonyl (C=O) groups excluding carboxylic acids is 2. The fraction of sp³-hybridized carbons (Fsp3) is 0.385. The van der Waals surface area contributed by atoms with Gasteiger partial charge >= 0.3 is 5.97 Å². The number of carbonyl (C=O) groups is 2. The minimum absolute atomic E-state index is 0.0964. The number of hydrogen-bond acceptors (Lipinski definition) is 4. The summed E-state index contributed by atoms with van der Waals surface area (Å²) in [4.78, 5) is 21.9. The lowest BCUT2D eigenvalue weighted by molar-refractivity contribution is -0.118. The second-order valence-corrected chi connectivity index (χ2v) is 4.26. The van der Waals surface area contributed by atoms with E-state index >= 15 is 0 Å². The van der Waals surface area contributed by atoms with E-state index in [2.05, 4.69) is 10.1 Å². The highest BCUT2D eigenvalue weighted by Gasteiger charge is 2.12. The number of esters is 1. The summed E-state index contributed by atoms with van der Waals surface area (Å²) in [6.07, 6.45) is 0.211. The number of nitrogens with two attached hydrogens (primary N) is 1. The summed E-state index contributed by atoms with van der Waals surface area (Å²) in [6, 6.07) is 4.16. The molecule has 1 amide bonds. The van der Waals surface area contributed by atoms with Crippen molar-refractivity contribution in [3.05, 3.63) is 35.1 Å². The number of amides is 1. The van der Waals surface area contributed by atoms with Crippen LogP contribution >= 0.6 is 0 Å². The van der Waals surface area contributed by atoms with Gasteiger partial charge in [-0.3, -0.25) is 4.79 Å². The average molecular weight is 268 g/mol. The van der Waals surface area contributed by atoms with Crippen LogP contribution in [-0.4, -0.2) is 25.0 Å². The standard InChI is InChI=1S/C13H17FN2O3/c1-8(5-12(15)17)16-7-9-3-4-10(11(14)6-9)13(18)19-2/h3-4,6,8,16H,5,7H2,1-2H3,(H2,15,17). The van der Waals surface area contributed by atoms with Gasteiger partial charge in [-0.15, -0.1) is 0 Å². The third-order valence-electron chi connectivity index (χ3n) is 2.60. The van der Waals surface area contributed by atoms with Crippen LogP contribution in [0.4, 0.5) is 4.39 Å². The molecule has 0 radical (unpaired) electrons. The minimum Gasteiger partial charge on any atom is -0.465 e. The van der Waals surface area contributed by atoms with E-state index in [1.54, 1.807) is 6.07 Å². The molecule has 0 aliphatic rings. The van der Waals surface area contributed by atoms with Crippen molar-refractivity contribution in [2.75, 3.05) is 7.11 Å². The molecule has 1 rings (SSSR count). The van der Waals surface area contributed by atoms with Gasteiger partial charge in [-0.05, 0) is 24.6 Å². The molecule has 1 unspecified atom stereocenters. The molecule has 0 fully saturated rings. The Kier molecular flexibility index (Phi) is 5.44. The van der Waals surface area contributed by atoms with Gasteiger partial charge in [0.1, 0.15) is 5.82 Å². The predicted octanol–water partition coefficient (Wildman–Crippen LogP) is 0.966. The van der Waals surface area contributed by atoms with Gasteiger partial charge in [-0.2, -0.15) is 0 Å². The zero-order valence-electron chi connectivity index (χ0n) is 10.9. The molecule has 1 aromatic rings. The van der Waals surface area contributed by atoms with Gasteiger partial charge in [0.25, 0.3) is 0 Å². The number of methoxy groups -OCH3 is 1. The molecule has 0 aliphatic carbocycles. The number of ether oxygens (including phenoxy) is 1. The molecule has 1 aromatic carbocycles. The Labute approximate surface area is 110 Å². The summed E-state index contributed by atoms with van der Waals surface area (Å²) >= 11 is 0. The maximum Gasteiger partial charge on any atom is 0.340 e. The molecule has 3 N–H and O–H groups in total. The molecule has 6 heteroatoms. The van der Waals surface area contributed by atoms with Crippen molar-refractivity contribution in [3.63, 3.8) is 0 Å². The Morgan fingerprint density at radius 3 is 2.68 bits per heavy atom. The van der Waals surface area contributed by atoms with E-state index in [9.17, 15) is 14.0 Å². The number of primary amides is 1. The monoisotopic (exact) mass is 268 g/mol. The molecule has 0 bridgehead atoms. The first-order chi connectivity index (χ1) is 8.93. The van der Waals surface area contributed by atoms with Crippen LogP contribution in [0.25, 0.3) is 0 Å². The number of halogens is 1. The topological polar surface area (TPSA) is 81.4 Å². The largest absolute Gasteiger partial charge is 0.465 e. The second-order valence-electron chi connectivity index (χ2n) is 4.26. The van der Waals surface area contributed by atoms with Crippen molar-refractivity contribution in [1.29, 1.82) is 0 Å². The summed E-state index contributed by atoms with van der Waals surface area (Å²) in [5.74, 6) is -1.74. The number of rotatable bonds is 6. The molecule has 0 saturated heterocycles. The van der Waals surface area contributed by atoms with E-state index < -0.39 is 17.7 Å². The summed E-state index contributed by atoms with van der Waals surface area (Å²) in [6.45, 7) is 2.19. The van der Waals surface area contributed by atoms with Gasteiger partial charge in [0.15, 0.2) is 0 Å². The molecule has 1 atom stereocenters. The Morgan fingerprint density at radius 2 is 2.16 bits per heavy atom. The van der Waals surface area contributed by atoms with E-state index in [4.69, 9.17) is 5.73 Å². The van der Waals surface area contributed by atoms with E-state index in [1.807, 2.05) is 6.92 Å². The maximum atomic E-state index is 13.6. The summed E-state index contributed by atoms with van der Waals surface area (Å²) in [7, 11) is 1.20. The summed E-state index contributed by atoms with van der Waals surface area (Å²) < 4.78 is 18.1. The maximum absolute atomic E-state index is 13.6. The van der Waals surface area contributed by atoms with Crippen molar-refractivity contribution in [2.24, 2.45) is 5.73 Å². The fourth-order valence-corrected chi connectivity index (χ4v) is 1.61. The number of nitrogens with one attached hydrogen (secondary N) is 1. The van der Waals surface area contributed by atoms with Crippen molar-refractivity contribution in [2.45, 2.75) is 25.9 Å². The normalized spacial score (nSPS) is 11.9. The van der Waals surface area contributed by atoms with Crippen molar-refractivity contribution in [3.8, 4) is 0 Å². The van der Waals surface area contributed by atoms with Crippen LogP contribution in [0.1, 0.15) is 29.3 Å². The first kappa shape index (κ1) is 15.1. The first-order valence-electron chi connectivity index (χ1n) is 5.82. The highest BCUT2D eigenvalue weighted by Crippen LogP contribution is 2.11. The minimum atomic E-state index is -0.709. The van der Waals surface area contributed by atoms with Crippen LogP contribution in [0, 0.1) is 5.82 Å². The van der Waals surface area contributed by atoms with Crippen LogP contribution in [0.3, 0.4) is 0 Å². The first-order valence-corrected chi connectivity index (χ1v) is 5.82. The SMILES string of the molecule is COC(=O)c1ccc(CNC(C)CC(N)=O)cc1F. The van der Waals surface area contributed by atoms with E-state index in [1.165, 1.54) is 19.2 Å². The summed E-state index contributed by atoms with van der Waals surface area (Å²) in [5, 5.41) is 3.04. The molecular weight excluding hydrogens is 251 g/mol. The Balaban J connectivity index is 2.64. The van der Waals surface area contributed by atoms with Gasteiger partial charge in [0.2, 0.25) is 5.91 Å². The number of hydrogen-bond donors (Lipinski definition) is 2. The number of benzene rings is 1. The van der Waals surface area contributed by atoms with Gasteiger partial charge in [-0.1, -0.05) is 6.07 Å². The molecule has 5 nitrogen and oxygen atoms in total. The van der Waals surface area contributed by atoms with Crippen molar-refractivity contribution >= 4 is 11.9 Å². The Bertz CT molecular complexity index is 477. The fourth-order valence-electron chi connectivity index (χ4n) is 1.61. The van der Waals surface area contributed by atoms with Crippen LogP contribution in [0.5, 0.6) is 0 Å². The zero-order valence-corrected chi connectivity index (χ0v) is 10.9. The van der Waals surface area contributed by atoms with E-state index in [-0.39, 0.29) is 18.0 Å². The predicted molar refractivity (Wildman–Crippen MR) is 67.9 cm³/mol. The quantitative estimate of drug-likeness (QED) is 0.753. The van der Waals surface area contributed by atoms with Crippen LogP contribution in [0.2, 0.25) is 0 Å². The average Bonchev–Trinajstić information content (AvgIpc) is 2.35. The molecule has 19 heavy (non-hydrogen) atoms. The van der Waals surface area contributed by atoms with Gasteiger partial charge < -0.3 is 15.8 Å². The molecular formula is C13H17FN2O3. The molecule has 0 aromatic heterocycles. The second kappa shape index (κ2) is 6.84. The smallest absolute Gasteiger partial charge is 0.340 e. The lowest BCUT2D eigenvalue weighted by Crippen LogP contribution is -2.30. The summed E-state index contributed by atoms with van der Waals surface area (Å²) in [5.41, 5.74) is 5.63. The van der Waals surface area contributed by atoms with E-state index in [0.717, 1.165) is 0 Å². The third-order valence-corrected chi connectivity index (χ3v) is 2.60. The van der Waals surface area contributed by atoms with Crippen molar-refractivity contribution in [1.82, 2.24) is 5.32 Å². The van der Waals surface area contributed by atoms with Crippen LogP contribution in [-0.2, 0) is 16.1 Å². The molecule has 0 saturated carbocycles. The van der Waals surface area contributed by atoms with Crippen LogP contribution < -0.4 is 11.1 Å². The van der Waals surface area contributed by atoms with Gasteiger partial charge in [-0.25, -0.2) is 9.18 Å². The van der Waals surface area contributed by atoms with Gasteiger partial charge in [0, 0.05) is 19.0 Å². The van der Waals surface area contributed by atoms with E-state index in [0.29, 0.717) is 12.1 Å². The van der Waals surface area contributed by atoms with Crippen molar-refractivity contribution < 1.29 is 18.7 Å². The molecule has 0 heterocycles. The molecule has 0 aliphatic heterocycles. The highest BCUT2D eigenvalue weighted by molar-refractivity contribution is 5.89. The third kappa shape index (κ3) is 4.67. The molecule has 104 valence electrons. The Morgan fingerprint density at radius 1 is 1.47 bits per heavy atom. The lowest BCUT2D eigenvalue weighted by atomic mass is 10.1. The zero-order chi connectivity index (χ0) is 14.4. The lowest BCUT2D eigenvalue weighted by Gasteiger charge is -2.12. The highest BCUT2D eigenvalue weighted by atomic mass is 19.1.